The van der Waals surface area contributed by atoms with Gasteiger partial charge in [-0.3, -0.25) is 4.79 Å². The van der Waals surface area contributed by atoms with Gasteiger partial charge in [-0.1, -0.05) is 0 Å². The molecule has 2 amide bonds. The molecule has 0 aliphatic heterocycles. The Morgan fingerprint density at radius 2 is 2.29 bits per heavy atom. The minimum absolute atomic E-state index is 0.358. The van der Waals surface area contributed by atoms with Crippen molar-refractivity contribution in [1.29, 1.82) is 0 Å². The van der Waals surface area contributed by atoms with E-state index in [4.69, 9.17) is 9.52 Å². The van der Waals surface area contributed by atoms with Crippen LogP contribution >= 0.6 is 0 Å². The van der Waals surface area contributed by atoms with E-state index in [1.54, 1.807) is 20.0 Å². The predicted molar refractivity (Wildman–Crippen MR) is 58.5 cm³/mol. The van der Waals surface area contributed by atoms with Gasteiger partial charge in [-0.15, -0.1) is 0 Å². The number of carbonyl (C=O) groups is 2. The highest BCUT2D eigenvalue weighted by atomic mass is 16.4. The van der Waals surface area contributed by atoms with Crippen LogP contribution in [0.4, 0.5) is 4.79 Å². The molecule has 1 aromatic heterocycles. The van der Waals surface area contributed by atoms with E-state index in [0.29, 0.717) is 11.7 Å². The van der Waals surface area contributed by atoms with Gasteiger partial charge in [0.25, 0.3) is 0 Å². The number of aryl methyl sites for hydroxylation is 1. The summed E-state index contributed by atoms with van der Waals surface area (Å²) in [5.41, 5.74) is 0. The van der Waals surface area contributed by atoms with Crippen molar-refractivity contribution < 1.29 is 19.1 Å². The third-order valence-electron chi connectivity index (χ3n) is 2.07. The van der Waals surface area contributed by atoms with E-state index in [2.05, 4.69) is 10.3 Å². The Kier molecular flexibility index (Phi) is 4.08. The molecule has 1 rings (SSSR count). The highest BCUT2D eigenvalue weighted by molar-refractivity contribution is 5.79. The molecule has 0 aromatic carbocycles. The van der Waals surface area contributed by atoms with Crippen LogP contribution in [0.3, 0.4) is 0 Å². The Labute approximate surface area is 98.4 Å². The first kappa shape index (κ1) is 13.0. The first-order chi connectivity index (χ1) is 7.90. The Morgan fingerprint density at radius 1 is 1.65 bits per heavy atom. The third-order valence-corrected chi connectivity index (χ3v) is 2.07. The molecule has 1 unspecified atom stereocenters. The van der Waals surface area contributed by atoms with Gasteiger partial charge in [0.2, 0.25) is 5.89 Å². The van der Waals surface area contributed by atoms with E-state index in [1.165, 1.54) is 7.05 Å². The minimum atomic E-state index is -1.07. The van der Waals surface area contributed by atoms with E-state index < -0.39 is 18.0 Å². The molecule has 1 atom stereocenters. The molecule has 0 aliphatic carbocycles. The molecule has 0 aliphatic rings. The van der Waals surface area contributed by atoms with Gasteiger partial charge in [-0.2, -0.15) is 0 Å². The Balaban J connectivity index is 2.53. The topological polar surface area (TPSA) is 95.7 Å². The van der Waals surface area contributed by atoms with Gasteiger partial charge in [0.15, 0.2) is 0 Å². The fourth-order valence-corrected chi connectivity index (χ4v) is 1.20. The van der Waals surface area contributed by atoms with Crippen molar-refractivity contribution in [3.05, 3.63) is 17.8 Å². The molecular formula is C10H15N3O4. The number of carboxylic acids is 1. The highest BCUT2D eigenvalue weighted by Gasteiger charge is 2.18. The lowest BCUT2D eigenvalue weighted by molar-refractivity contribution is -0.137. The Bertz CT molecular complexity index is 415. The van der Waals surface area contributed by atoms with Crippen LogP contribution in [0.25, 0.3) is 0 Å². The first-order valence-electron chi connectivity index (χ1n) is 5.06. The van der Waals surface area contributed by atoms with Crippen molar-refractivity contribution in [2.24, 2.45) is 0 Å². The highest BCUT2D eigenvalue weighted by Crippen LogP contribution is 2.11. The van der Waals surface area contributed by atoms with Gasteiger partial charge < -0.3 is 19.7 Å². The molecule has 17 heavy (non-hydrogen) atoms. The molecular weight excluding hydrogens is 226 g/mol. The van der Waals surface area contributed by atoms with Crippen LogP contribution in [0.1, 0.15) is 24.6 Å². The molecule has 0 radical (unpaired) electrons. The SMILES string of the molecule is Cc1cnc(C(C)NC(=O)N(C)CC(=O)O)o1. The molecule has 0 bridgehead atoms. The van der Waals surface area contributed by atoms with Gasteiger partial charge in [0, 0.05) is 7.05 Å². The summed E-state index contributed by atoms with van der Waals surface area (Å²) in [4.78, 5) is 27.0. The summed E-state index contributed by atoms with van der Waals surface area (Å²) in [6, 6.07) is -0.900. The maximum absolute atomic E-state index is 11.6. The van der Waals surface area contributed by atoms with Crippen molar-refractivity contribution >= 4 is 12.0 Å². The molecule has 0 saturated heterocycles. The van der Waals surface area contributed by atoms with Crippen LogP contribution in [-0.4, -0.2) is 40.6 Å². The van der Waals surface area contributed by atoms with Crippen LogP contribution in [0.2, 0.25) is 0 Å². The number of rotatable bonds is 4. The van der Waals surface area contributed by atoms with E-state index in [1.807, 2.05) is 0 Å². The lowest BCUT2D eigenvalue weighted by atomic mass is 10.3. The van der Waals surface area contributed by atoms with E-state index >= 15 is 0 Å². The predicted octanol–water partition coefficient (Wildman–Crippen LogP) is 0.770. The number of likely N-dealkylation sites (N-methyl/N-ethyl adjacent to an activating group) is 1. The Hall–Kier alpha value is -2.05. The van der Waals surface area contributed by atoms with Crippen molar-refractivity contribution in [2.75, 3.05) is 13.6 Å². The number of amides is 2. The molecule has 7 nitrogen and oxygen atoms in total. The zero-order valence-electron chi connectivity index (χ0n) is 9.93. The lowest BCUT2D eigenvalue weighted by Gasteiger charge is -2.18. The summed E-state index contributed by atoms with van der Waals surface area (Å²) in [6.07, 6.45) is 1.55. The average molecular weight is 241 g/mol. The number of urea groups is 1. The maximum atomic E-state index is 11.6. The summed E-state index contributed by atoms with van der Waals surface area (Å²) in [6.45, 7) is 3.10. The van der Waals surface area contributed by atoms with Gasteiger partial charge >= 0.3 is 12.0 Å². The maximum Gasteiger partial charge on any atom is 0.323 e. The Morgan fingerprint density at radius 3 is 2.76 bits per heavy atom. The quantitative estimate of drug-likeness (QED) is 0.811. The van der Waals surface area contributed by atoms with E-state index in [-0.39, 0.29) is 6.54 Å². The zero-order valence-corrected chi connectivity index (χ0v) is 9.93. The van der Waals surface area contributed by atoms with E-state index in [9.17, 15) is 9.59 Å². The average Bonchev–Trinajstić information content (AvgIpc) is 2.63. The third kappa shape index (κ3) is 3.78. The molecule has 0 spiro atoms. The summed E-state index contributed by atoms with van der Waals surface area (Å²) in [5.74, 6) is -0.0261. The van der Waals surface area contributed by atoms with Gasteiger partial charge in [0.1, 0.15) is 18.3 Å². The van der Waals surface area contributed by atoms with Crippen molar-refractivity contribution in [3.63, 3.8) is 0 Å². The smallest absolute Gasteiger partial charge is 0.323 e. The number of hydrogen-bond acceptors (Lipinski definition) is 4. The second kappa shape index (κ2) is 5.33. The number of aromatic nitrogens is 1. The number of aliphatic carboxylic acids is 1. The monoisotopic (exact) mass is 241 g/mol. The van der Waals surface area contributed by atoms with Crippen LogP contribution in [0.15, 0.2) is 10.6 Å². The molecule has 0 saturated carbocycles. The van der Waals surface area contributed by atoms with Crippen LogP contribution in [0.5, 0.6) is 0 Å². The summed E-state index contributed by atoms with van der Waals surface area (Å²) in [5, 5.41) is 11.1. The number of carboxylic acid groups (broad SMARTS) is 1. The summed E-state index contributed by atoms with van der Waals surface area (Å²) < 4.78 is 5.25. The molecule has 1 aromatic rings. The normalized spacial score (nSPS) is 11.9. The summed E-state index contributed by atoms with van der Waals surface area (Å²) >= 11 is 0. The first-order valence-corrected chi connectivity index (χ1v) is 5.06. The zero-order chi connectivity index (χ0) is 13.0. The van der Waals surface area contributed by atoms with Gasteiger partial charge in [-0.25, -0.2) is 9.78 Å². The second-order valence-corrected chi connectivity index (χ2v) is 3.73. The number of carbonyl (C=O) groups excluding carboxylic acids is 1. The fourth-order valence-electron chi connectivity index (χ4n) is 1.20. The fraction of sp³-hybridized carbons (Fsp3) is 0.500. The molecule has 7 heteroatoms. The number of nitrogens with zero attached hydrogens (tertiary/aromatic N) is 2. The van der Waals surface area contributed by atoms with Crippen LogP contribution in [-0.2, 0) is 4.79 Å². The number of hydrogen-bond donors (Lipinski definition) is 2. The summed E-state index contributed by atoms with van der Waals surface area (Å²) in [7, 11) is 1.40. The van der Waals surface area contributed by atoms with Gasteiger partial charge in [-0.05, 0) is 13.8 Å². The van der Waals surface area contributed by atoms with Crippen molar-refractivity contribution in [2.45, 2.75) is 19.9 Å². The largest absolute Gasteiger partial charge is 0.480 e. The second-order valence-electron chi connectivity index (χ2n) is 3.73. The minimum Gasteiger partial charge on any atom is -0.480 e. The molecule has 1 heterocycles. The van der Waals surface area contributed by atoms with Crippen molar-refractivity contribution in [3.8, 4) is 0 Å². The lowest BCUT2D eigenvalue weighted by Crippen LogP contribution is -2.41. The number of nitrogens with one attached hydrogen (secondary N) is 1. The molecule has 0 fully saturated rings. The molecule has 2 N–H and O–H groups in total. The van der Waals surface area contributed by atoms with Crippen LogP contribution in [0, 0.1) is 6.92 Å². The van der Waals surface area contributed by atoms with Crippen molar-refractivity contribution in [1.82, 2.24) is 15.2 Å². The number of oxazole rings is 1. The van der Waals surface area contributed by atoms with Gasteiger partial charge in [0.05, 0.1) is 6.20 Å². The van der Waals surface area contributed by atoms with E-state index in [0.717, 1.165) is 4.90 Å². The molecule has 94 valence electrons. The van der Waals surface area contributed by atoms with Crippen LogP contribution < -0.4 is 5.32 Å². The standard InChI is InChI=1S/C10H15N3O4/c1-6-4-11-9(17-6)7(2)12-10(16)13(3)5-8(14)15/h4,7H,5H2,1-3H3,(H,12,16)(H,14,15).